The van der Waals surface area contributed by atoms with Crippen LogP contribution >= 0.6 is 15.9 Å². The number of carbonyl (C=O) groups excluding carboxylic acids is 1. The second-order valence-corrected chi connectivity index (χ2v) is 7.86. The van der Waals surface area contributed by atoms with Gasteiger partial charge < -0.3 is 0 Å². The topological polar surface area (TPSA) is 117 Å². The molecule has 0 aliphatic carbocycles. The van der Waals surface area contributed by atoms with E-state index in [0.29, 0.717) is 4.47 Å². The molecule has 0 aliphatic rings. The van der Waals surface area contributed by atoms with Crippen LogP contribution in [0.2, 0.25) is 3.67 Å². The van der Waals surface area contributed by atoms with Crippen molar-refractivity contribution >= 4 is 60.2 Å². The Morgan fingerprint density at radius 2 is 2.04 bits per heavy atom. The number of pyridine rings is 1. The van der Waals surface area contributed by atoms with Crippen LogP contribution in [0, 0.1) is 5.82 Å². The van der Waals surface area contributed by atoms with Crippen LogP contribution in [-0.4, -0.2) is 61.9 Å². The molecule has 0 saturated heterocycles. The summed E-state index contributed by atoms with van der Waals surface area (Å²) in [4.78, 5) is 16.1. The smallest absolute Gasteiger partial charge is 0.264 e. The average Bonchev–Trinajstić information content (AvgIpc) is 2.43. The van der Waals surface area contributed by atoms with Crippen LogP contribution in [0.5, 0.6) is 0 Å². The molecule has 7 nitrogen and oxygen atoms in total. The molecule has 1 heterocycles. The number of hydrogen-bond acceptors (Lipinski definition) is 4. The Hall–Kier alpha value is -0.100. The van der Waals surface area contributed by atoms with E-state index in [1.165, 1.54) is 6.07 Å². The molecule has 0 aliphatic heterocycles. The molecule has 0 spiro atoms. The summed E-state index contributed by atoms with van der Waals surface area (Å²) in [7, 11) is -4.67. The van der Waals surface area contributed by atoms with Crippen LogP contribution in [0.1, 0.15) is 43.6 Å². The fourth-order valence-electron chi connectivity index (χ4n) is 1.81. The van der Waals surface area contributed by atoms with E-state index >= 15 is 0 Å². The summed E-state index contributed by atoms with van der Waals surface area (Å²) < 4.78 is 45.9. The van der Waals surface area contributed by atoms with Gasteiger partial charge in [-0.1, -0.05) is 0 Å². The summed E-state index contributed by atoms with van der Waals surface area (Å²) in [6.45, 7) is 4.19. The van der Waals surface area contributed by atoms with Crippen molar-refractivity contribution in [1.82, 2.24) is 10.3 Å². The van der Waals surface area contributed by atoms with E-state index in [1.54, 1.807) is 0 Å². The van der Waals surface area contributed by atoms with Crippen molar-refractivity contribution in [2.75, 3.05) is 0 Å². The van der Waals surface area contributed by atoms with Gasteiger partial charge >= 0.3 is 150 Å². The van der Waals surface area contributed by atoms with Gasteiger partial charge in [-0.25, -0.2) is 0 Å². The Bertz CT molecular complexity index is 654. The zero-order valence-electron chi connectivity index (χ0n) is 13.7. The second-order valence-electron chi connectivity index (χ2n) is 5.40. The average molecular weight is 437 g/mol. The molecule has 1 atom stereocenters. The number of nitrogens with zero attached hydrogens (tertiary/aromatic N) is 1. The van der Waals surface area contributed by atoms with Crippen LogP contribution in [0.4, 0.5) is 4.39 Å². The van der Waals surface area contributed by atoms with Crippen molar-refractivity contribution in [1.29, 1.82) is 0 Å². The fourth-order valence-corrected chi connectivity index (χ4v) is 2.84. The number of unbranched alkanes of at least 4 members (excludes halogenated alkanes) is 1. The maximum absolute atomic E-state index is 13.0. The maximum Gasteiger partial charge on any atom is 0.394 e. The number of nitrogens with one attached hydrogen (secondary N) is 1. The number of hydrogen-bond donors (Lipinski definition) is 3. The monoisotopic (exact) mass is 436 g/mol. The van der Waals surface area contributed by atoms with E-state index in [1.807, 2.05) is 0 Å². The predicted molar refractivity (Wildman–Crippen MR) is 92.0 cm³/mol. The Kier molecular flexibility index (Phi) is 10.7. The Morgan fingerprint density at radius 3 is 2.46 bits per heavy atom. The molecule has 0 radical (unpaired) electrons. The Morgan fingerprint density at radius 1 is 1.50 bits per heavy atom. The SMILES string of the molecule is CCCCC(C)([CH2][Na])NC(=O)c1ncc(F)cc1Br.O=S(=O)(O)O. The first-order chi connectivity index (χ1) is 10.9. The molecule has 1 aromatic heterocycles. The molecule has 11 heteroatoms. The van der Waals surface area contributed by atoms with E-state index in [-0.39, 0.29) is 17.1 Å². The van der Waals surface area contributed by atoms with Crippen molar-refractivity contribution in [3.63, 3.8) is 0 Å². The molecule has 1 rings (SSSR count). The van der Waals surface area contributed by atoms with E-state index < -0.39 is 16.2 Å². The van der Waals surface area contributed by atoms with Crippen LogP contribution < -0.4 is 5.32 Å². The molecule has 0 fully saturated rings. The molecular weight excluding hydrogens is 418 g/mol. The van der Waals surface area contributed by atoms with Gasteiger partial charge in [0.25, 0.3) is 0 Å². The molecule has 24 heavy (non-hydrogen) atoms. The first kappa shape index (κ1) is 23.9. The number of halogens is 2. The molecule has 3 N–H and O–H groups in total. The summed E-state index contributed by atoms with van der Waals surface area (Å²) in [5, 5.41) is 3.04. The van der Waals surface area contributed by atoms with Crippen molar-refractivity contribution in [2.45, 2.75) is 42.3 Å². The minimum atomic E-state index is -4.67. The van der Waals surface area contributed by atoms with Gasteiger partial charge in [0.1, 0.15) is 0 Å². The van der Waals surface area contributed by atoms with E-state index in [0.717, 1.165) is 57.1 Å². The quantitative estimate of drug-likeness (QED) is 0.466. The van der Waals surface area contributed by atoms with E-state index in [9.17, 15) is 9.18 Å². The maximum atomic E-state index is 13.0. The molecule has 132 valence electrons. The number of aromatic nitrogens is 1. The molecule has 1 unspecified atom stereocenters. The zero-order valence-corrected chi connectivity index (χ0v) is 18.1. The molecule has 1 amide bonds. The predicted octanol–water partition coefficient (Wildman–Crippen LogP) is 2.60. The summed E-state index contributed by atoms with van der Waals surface area (Å²) in [6.07, 6.45) is 4.20. The number of rotatable bonds is 6. The van der Waals surface area contributed by atoms with Gasteiger partial charge in [-0.15, -0.1) is 0 Å². The summed E-state index contributed by atoms with van der Waals surface area (Å²) >= 11 is 4.20. The minimum absolute atomic E-state index is 0.186. The number of carbonyl (C=O) groups is 1. The Labute approximate surface area is 166 Å². The third kappa shape index (κ3) is 10.7. The largest absolute Gasteiger partial charge is 0.394 e. The van der Waals surface area contributed by atoms with Crippen LogP contribution in [0.3, 0.4) is 0 Å². The van der Waals surface area contributed by atoms with Crippen LogP contribution in [0.15, 0.2) is 16.7 Å². The summed E-state index contributed by atoms with van der Waals surface area (Å²) in [5.74, 6) is -0.707. The third-order valence-corrected chi connectivity index (χ3v) is 5.47. The van der Waals surface area contributed by atoms with E-state index in [2.05, 4.69) is 40.1 Å². The van der Waals surface area contributed by atoms with Gasteiger partial charge in [0.2, 0.25) is 0 Å². The van der Waals surface area contributed by atoms with Gasteiger partial charge in [0.15, 0.2) is 0 Å². The van der Waals surface area contributed by atoms with Gasteiger partial charge in [0.05, 0.1) is 0 Å². The van der Waals surface area contributed by atoms with Crippen molar-refractivity contribution in [2.24, 2.45) is 0 Å². The summed E-state index contributed by atoms with van der Waals surface area (Å²) in [6, 6.07) is 1.26. The van der Waals surface area contributed by atoms with Gasteiger partial charge in [-0.3, -0.25) is 9.11 Å². The van der Waals surface area contributed by atoms with Crippen molar-refractivity contribution in [3.05, 3.63) is 28.2 Å². The van der Waals surface area contributed by atoms with E-state index in [4.69, 9.17) is 17.5 Å². The van der Waals surface area contributed by atoms with Gasteiger partial charge in [-0.05, 0) is 0 Å². The normalized spacial score (nSPS) is 13.5. The first-order valence-electron chi connectivity index (χ1n) is 7.25. The van der Waals surface area contributed by atoms with Crippen LogP contribution in [-0.2, 0) is 10.4 Å². The first-order valence-corrected chi connectivity index (χ1v) is 10.9. The van der Waals surface area contributed by atoms with Crippen molar-refractivity contribution in [3.8, 4) is 0 Å². The molecule has 0 aromatic carbocycles. The molecule has 0 bridgehead atoms. The minimum Gasteiger partial charge on any atom is -0.264 e. The van der Waals surface area contributed by atoms with Gasteiger partial charge in [0, 0.05) is 0 Å². The molecule has 1 aromatic rings. The standard InChI is InChI=1S/C13H17BrFN2O.Na.H2O4S/c1-4-5-6-13(2,3)17-12(18)11-10(14)7-9(15)8-16-11;;1-5(2,3)4/h7-8H,2,4-6H2,1,3H3,(H,17,18);;(H2,1,2,3,4). The third-order valence-electron chi connectivity index (χ3n) is 3.30. The van der Waals surface area contributed by atoms with Crippen molar-refractivity contribution < 1.29 is 26.7 Å². The van der Waals surface area contributed by atoms with Crippen LogP contribution in [0.25, 0.3) is 0 Å². The Balaban J connectivity index is 0.000000922. The zero-order chi connectivity index (χ0) is 19.0. The molecule has 0 saturated carbocycles. The summed E-state index contributed by atoms with van der Waals surface area (Å²) in [5.41, 5.74) is 0.0497. The molecular formula is C13H19BrFN2NaO5S. The fraction of sp³-hybridized carbons (Fsp3) is 0.538. The van der Waals surface area contributed by atoms with Gasteiger partial charge in [-0.2, -0.15) is 8.42 Å². The second kappa shape index (κ2) is 10.8. The number of amides is 1.